The molecule has 1 saturated carbocycles. The Morgan fingerprint density at radius 1 is 1.29 bits per heavy atom. The zero-order valence-corrected chi connectivity index (χ0v) is 12.9. The lowest BCUT2D eigenvalue weighted by Crippen LogP contribution is -2.30. The topological polar surface area (TPSA) is 41.6 Å². The molecule has 0 spiro atoms. The standard InChI is InChI=1S/C17H24N2O2/c1-17(2)8-6-13(7-9-17)18-14-4-3-5-15(12-14)19-10-11-21-16(19)20/h3-5,12-13,18H,6-11H2,1-2H3. The Kier molecular flexibility index (Phi) is 3.79. The quantitative estimate of drug-likeness (QED) is 0.913. The number of benzene rings is 1. The molecule has 1 N–H and O–H groups in total. The molecule has 0 unspecified atom stereocenters. The molecular weight excluding hydrogens is 264 g/mol. The second-order valence-electron chi connectivity index (χ2n) is 6.90. The van der Waals surface area contributed by atoms with E-state index >= 15 is 0 Å². The van der Waals surface area contributed by atoms with Crippen LogP contribution in [0.5, 0.6) is 0 Å². The molecule has 4 heteroatoms. The van der Waals surface area contributed by atoms with Crippen LogP contribution < -0.4 is 10.2 Å². The summed E-state index contributed by atoms with van der Waals surface area (Å²) in [5.41, 5.74) is 2.50. The van der Waals surface area contributed by atoms with E-state index in [1.165, 1.54) is 25.7 Å². The highest BCUT2D eigenvalue weighted by Gasteiger charge is 2.27. The van der Waals surface area contributed by atoms with Gasteiger partial charge in [0.15, 0.2) is 0 Å². The van der Waals surface area contributed by atoms with Gasteiger partial charge in [-0.15, -0.1) is 0 Å². The van der Waals surface area contributed by atoms with Crippen LogP contribution in [-0.4, -0.2) is 25.3 Å². The first-order valence-corrected chi connectivity index (χ1v) is 7.84. The minimum atomic E-state index is -0.244. The largest absolute Gasteiger partial charge is 0.447 e. The van der Waals surface area contributed by atoms with Gasteiger partial charge in [0.2, 0.25) is 0 Å². The first kappa shape index (κ1) is 14.2. The summed E-state index contributed by atoms with van der Waals surface area (Å²) in [6, 6.07) is 8.62. The Morgan fingerprint density at radius 2 is 2.05 bits per heavy atom. The van der Waals surface area contributed by atoms with Crippen molar-refractivity contribution in [2.75, 3.05) is 23.4 Å². The van der Waals surface area contributed by atoms with Gasteiger partial charge < -0.3 is 10.1 Å². The smallest absolute Gasteiger partial charge is 0.414 e. The molecule has 0 atom stereocenters. The molecule has 4 nitrogen and oxygen atoms in total. The number of amides is 1. The third-order valence-electron chi connectivity index (χ3n) is 4.63. The van der Waals surface area contributed by atoms with Gasteiger partial charge in [0, 0.05) is 17.4 Å². The lowest BCUT2D eigenvalue weighted by molar-refractivity contribution is 0.181. The molecular formula is C17H24N2O2. The summed E-state index contributed by atoms with van der Waals surface area (Å²) in [7, 11) is 0. The van der Waals surface area contributed by atoms with E-state index < -0.39 is 0 Å². The normalized spacial score (nSPS) is 22.2. The van der Waals surface area contributed by atoms with Gasteiger partial charge in [-0.05, 0) is 49.3 Å². The van der Waals surface area contributed by atoms with E-state index in [2.05, 4.69) is 25.2 Å². The van der Waals surface area contributed by atoms with Gasteiger partial charge in [0.25, 0.3) is 0 Å². The first-order valence-electron chi connectivity index (χ1n) is 7.84. The van der Waals surface area contributed by atoms with Gasteiger partial charge in [0.05, 0.1) is 6.54 Å². The molecule has 1 aliphatic carbocycles. The average molecular weight is 288 g/mol. The number of nitrogens with zero attached hydrogens (tertiary/aromatic N) is 1. The van der Waals surface area contributed by atoms with E-state index in [0.29, 0.717) is 24.6 Å². The van der Waals surface area contributed by atoms with Crippen LogP contribution in [0.2, 0.25) is 0 Å². The Balaban J connectivity index is 1.65. The fraction of sp³-hybridized carbons (Fsp3) is 0.588. The molecule has 1 heterocycles. The summed E-state index contributed by atoms with van der Waals surface area (Å²) in [6.07, 6.45) is 4.71. The van der Waals surface area contributed by atoms with Crippen LogP contribution in [0.3, 0.4) is 0 Å². The zero-order chi connectivity index (χ0) is 14.9. The van der Waals surface area contributed by atoms with Crippen LogP contribution >= 0.6 is 0 Å². The Bertz CT molecular complexity index is 517. The molecule has 3 rings (SSSR count). The van der Waals surface area contributed by atoms with Crippen molar-refractivity contribution in [3.05, 3.63) is 24.3 Å². The van der Waals surface area contributed by atoms with Crippen molar-refractivity contribution in [2.24, 2.45) is 5.41 Å². The molecule has 0 aromatic heterocycles. The van der Waals surface area contributed by atoms with Crippen LogP contribution in [0.25, 0.3) is 0 Å². The number of cyclic esters (lactones) is 1. The molecule has 1 saturated heterocycles. The third-order valence-corrected chi connectivity index (χ3v) is 4.63. The van der Waals surface area contributed by atoms with Gasteiger partial charge in [-0.1, -0.05) is 19.9 Å². The fourth-order valence-corrected chi connectivity index (χ4v) is 3.17. The van der Waals surface area contributed by atoms with E-state index in [4.69, 9.17) is 4.74 Å². The average Bonchev–Trinajstić information content (AvgIpc) is 2.88. The Labute approximate surface area is 126 Å². The highest BCUT2D eigenvalue weighted by Crippen LogP contribution is 2.36. The molecule has 0 radical (unpaired) electrons. The van der Waals surface area contributed by atoms with Gasteiger partial charge in [-0.3, -0.25) is 4.90 Å². The van der Waals surface area contributed by atoms with E-state index in [0.717, 1.165) is 11.4 Å². The molecule has 2 aliphatic rings. The third kappa shape index (κ3) is 3.31. The van der Waals surface area contributed by atoms with Crippen LogP contribution in [0.4, 0.5) is 16.2 Å². The SMILES string of the molecule is CC1(C)CCC(Nc2cccc(N3CCOC3=O)c2)CC1. The second-order valence-corrected chi connectivity index (χ2v) is 6.90. The van der Waals surface area contributed by atoms with E-state index in [-0.39, 0.29) is 6.09 Å². The number of hydrogen-bond acceptors (Lipinski definition) is 3. The maximum Gasteiger partial charge on any atom is 0.414 e. The number of hydrogen-bond donors (Lipinski definition) is 1. The summed E-state index contributed by atoms with van der Waals surface area (Å²) in [6.45, 7) is 5.82. The lowest BCUT2D eigenvalue weighted by atomic mass is 9.75. The van der Waals surface area contributed by atoms with Crippen molar-refractivity contribution >= 4 is 17.5 Å². The Morgan fingerprint density at radius 3 is 2.71 bits per heavy atom. The maximum absolute atomic E-state index is 11.6. The van der Waals surface area contributed by atoms with Crippen LogP contribution in [-0.2, 0) is 4.74 Å². The minimum absolute atomic E-state index is 0.244. The van der Waals surface area contributed by atoms with Crippen molar-refractivity contribution in [2.45, 2.75) is 45.6 Å². The molecule has 1 aromatic rings. The molecule has 1 aliphatic heterocycles. The first-order chi connectivity index (χ1) is 10.0. The molecule has 2 fully saturated rings. The van der Waals surface area contributed by atoms with Crippen molar-refractivity contribution in [3.63, 3.8) is 0 Å². The number of anilines is 2. The van der Waals surface area contributed by atoms with Crippen molar-refractivity contribution in [1.29, 1.82) is 0 Å². The van der Waals surface area contributed by atoms with Crippen LogP contribution in [0.1, 0.15) is 39.5 Å². The number of carbonyl (C=O) groups excluding carboxylic acids is 1. The molecule has 1 amide bonds. The van der Waals surface area contributed by atoms with E-state index in [1.807, 2.05) is 18.2 Å². The number of ether oxygens (including phenoxy) is 1. The summed E-state index contributed by atoms with van der Waals surface area (Å²) in [4.78, 5) is 13.3. The van der Waals surface area contributed by atoms with Crippen molar-refractivity contribution in [1.82, 2.24) is 0 Å². The number of nitrogens with one attached hydrogen (secondary N) is 1. The van der Waals surface area contributed by atoms with Gasteiger partial charge >= 0.3 is 6.09 Å². The number of rotatable bonds is 3. The summed E-state index contributed by atoms with van der Waals surface area (Å²) >= 11 is 0. The predicted molar refractivity (Wildman–Crippen MR) is 84.8 cm³/mol. The summed E-state index contributed by atoms with van der Waals surface area (Å²) in [5.74, 6) is 0. The number of carbonyl (C=O) groups is 1. The molecule has 0 bridgehead atoms. The van der Waals surface area contributed by atoms with E-state index in [1.54, 1.807) is 4.90 Å². The van der Waals surface area contributed by atoms with Crippen molar-refractivity contribution < 1.29 is 9.53 Å². The van der Waals surface area contributed by atoms with Gasteiger partial charge in [-0.25, -0.2) is 4.79 Å². The van der Waals surface area contributed by atoms with Gasteiger partial charge in [0.1, 0.15) is 6.61 Å². The minimum Gasteiger partial charge on any atom is -0.447 e. The van der Waals surface area contributed by atoms with Crippen molar-refractivity contribution in [3.8, 4) is 0 Å². The van der Waals surface area contributed by atoms with Gasteiger partial charge in [-0.2, -0.15) is 0 Å². The highest BCUT2D eigenvalue weighted by atomic mass is 16.6. The summed E-state index contributed by atoms with van der Waals surface area (Å²) in [5, 5.41) is 3.62. The molecule has 114 valence electrons. The lowest BCUT2D eigenvalue weighted by Gasteiger charge is -2.35. The maximum atomic E-state index is 11.6. The van der Waals surface area contributed by atoms with E-state index in [9.17, 15) is 4.79 Å². The molecule has 1 aromatic carbocycles. The Hall–Kier alpha value is -1.71. The second kappa shape index (κ2) is 5.58. The van der Waals surface area contributed by atoms with Crippen LogP contribution in [0.15, 0.2) is 24.3 Å². The zero-order valence-electron chi connectivity index (χ0n) is 12.9. The summed E-state index contributed by atoms with van der Waals surface area (Å²) < 4.78 is 5.00. The fourth-order valence-electron chi connectivity index (χ4n) is 3.17. The predicted octanol–water partition coefficient (Wildman–Crippen LogP) is 4.02. The highest BCUT2D eigenvalue weighted by molar-refractivity contribution is 5.89. The molecule has 21 heavy (non-hydrogen) atoms. The monoisotopic (exact) mass is 288 g/mol. The van der Waals surface area contributed by atoms with Crippen LogP contribution in [0, 0.1) is 5.41 Å².